The van der Waals surface area contributed by atoms with Crippen LogP contribution in [0, 0.1) is 5.92 Å². The number of carboxylic acid groups (broad SMARTS) is 1. The first-order chi connectivity index (χ1) is 11.9. The Hall–Kier alpha value is -3.09. The van der Waals surface area contributed by atoms with Gasteiger partial charge in [0, 0.05) is 6.54 Å². The number of aromatic carboxylic acids is 1. The monoisotopic (exact) mass is 344 g/mol. The molecule has 0 unspecified atom stereocenters. The quantitative estimate of drug-likeness (QED) is 0.712. The Labute approximate surface area is 145 Å². The highest BCUT2D eigenvalue weighted by atomic mass is 16.4. The number of hydrogen-bond donors (Lipinski definition) is 3. The van der Waals surface area contributed by atoms with E-state index in [1.807, 2.05) is 13.8 Å². The van der Waals surface area contributed by atoms with Gasteiger partial charge in [-0.25, -0.2) is 4.79 Å². The second-order valence-electron chi connectivity index (χ2n) is 5.90. The van der Waals surface area contributed by atoms with Crippen molar-refractivity contribution in [2.75, 3.05) is 0 Å². The standard InChI is InChI=1S/C18H20N2O5/c1-11(2)15(20-16(21)14-7-4-8-25-14)17(22)19-10-12-5-3-6-13(9-12)18(23)24/h3-9,11,15H,10H2,1-2H3,(H,19,22)(H,20,21)(H,23,24)/t15-/m1/s1. The normalized spacial score (nSPS) is 11.8. The van der Waals surface area contributed by atoms with E-state index in [4.69, 9.17) is 9.52 Å². The van der Waals surface area contributed by atoms with Crippen molar-refractivity contribution in [1.82, 2.24) is 10.6 Å². The molecule has 0 bridgehead atoms. The van der Waals surface area contributed by atoms with Gasteiger partial charge < -0.3 is 20.2 Å². The number of hydrogen-bond acceptors (Lipinski definition) is 4. The predicted octanol–water partition coefficient (Wildman–Crippen LogP) is 2.05. The van der Waals surface area contributed by atoms with Crippen molar-refractivity contribution >= 4 is 17.8 Å². The SMILES string of the molecule is CC(C)[C@@H](NC(=O)c1ccco1)C(=O)NCc1cccc(C(=O)O)c1. The lowest BCUT2D eigenvalue weighted by Crippen LogP contribution is -2.49. The van der Waals surface area contributed by atoms with Gasteiger partial charge >= 0.3 is 5.97 Å². The Morgan fingerprint density at radius 2 is 1.92 bits per heavy atom. The molecule has 2 aromatic rings. The number of furan rings is 1. The van der Waals surface area contributed by atoms with Crippen LogP contribution in [0.25, 0.3) is 0 Å². The van der Waals surface area contributed by atoms with E-state index in [2.05, 4.69) is 10.6 Å². The van der Waals surface area contributed by atoms with Crippen LogP contribution < -0.4 is 10.6 Å². The van der Waals surface area contributed by atoms with E-state index >= 15 is 0 Å². The summed E-state index contributed by atoms with van der Waals surface area (Å²) in [6.45, 7) is 3.80. The van der Waals surface area contributed by atoms with E-state index in [9.17, 15) is 14.4 Å². The zero-order valence-electron chi connectivity index (χ0n) is 14.0. The molecule has 25 heavy (non-hydrogen) atoms. The van der Waals surface area contributed by atoms with Gasteiger partial charge in [-0.15, -0.1) is 0 Å². The molecule has 1 aromatic carbocycles. The number of carboxylic acids is 1. The van der Waals surface area contributed by atoms with Crippen molar-refractivity contribution in [3.8, 4) is 0 Å². The van der Waals surface area contributed by atoms with Crippen molar-refractivity contribution in [3.63, 3.8) is 0 Å². The van der Waals surface area contributed by atoms with Crippen LogP contribution in [-0.4, -0.2) is 28.9 Å². The molecule has 0 aliphatic rings. The van der Waals surface area contributed by atoms with Gasteiger partial charge in [-0.3, -0.25) is 9.59 Å². The Kier molecular flexibility index (Phi) is 5.94. The molecule has 7 heteroatoms. The Bertz CT molecular complexity index is 753. The second kappa shape index (κ2) is 8.14. The first kappa shape index (κ1) is 18.3. The predicted molar refractivity (Wildman–Crippen MR) is 90.0 cm³/mol. The van der Waals surface area contributed by atoms with E-state index in [0.29, 0.717) is 5.56 Å². The third-order valence-electron chi connectivity index (χ3n) is 3.62. The average Bonchev–Trinajstić information content (AvgIpc) is 3.12. The highest BCUT2D eigenvalue weighted by Crippen LogP contribution is 2.08. The molecule has 132 valence electrons. The van der Waals surface area contributed by atoms with Gasteiger partial charge in [0.15, 0.2) is 5.76 Å². The molecular formula is C18H20N2O5. The number of carbonyl (C=O) groups excluding carboxylic acids is 2. The average molecular weight is 344 g/mol. The third-order valence-corrected chi connectivity index (χ3v) is 3.62. The van der Waals surface area contributed by atoms with Crippen molar-refractivity contribution < 1.29 is 23.9 Å². The zero-order valence-corrected chi connectivity index (χ0v) is 14.0. The van der Waals surface area contributed by atoms with E-state index in [1.54, 1.807) is 18.2 Å². The highest BCUT2D eigenvalue weighted by molar-refractivity contribution is 5.95. The largest absolute Gasteiger partial charge is 0.478 e. The van der Waals surface area contributed by atoms with Gasteiger partial charge in [0.05, 0.1) is 11.8 Å². The zero-order chi connectivity index (χ0) is 18.4. The van der Waals surface area contributed by atoms with Crippen LogP contribution in [0.5, 0.6) is 0 Å². The molecule has 0 aliphatic heterocycles. The molecule has 1 heterocycles. The van der Waals surface area contributed by atoms with Crippen LogP contribution in [0.4, 0.5) is 0 Å². The van der Waals surface area contributed by atoms with Gasteiger partial charge in [0.2, 0.25) is 5.91 Å². The minimum atomic E-state index is -1.03. The lowest BCUT2D eigenvalue weighted by Gasteiger charge is -2.21. The third kappa shape index (κ3) is 4.94. The lowest BCUT2D eigenvalue weighted by atomic mass is 10.0. The lowest BCUT2D eigenvalue weighted by molar-refractivity contribution is -0.124. The topological polar surface area (TPSA) is 109 Å². The van der Waals surface area contributed by atoms with Crippen molar-refractivity contribution in [2.45, 2.75) is 26.4 Å². The Balaban J connectivity index is 1.99. The summed E-state index contributed by atoms with van der Waals surface area (Å²) in [5, 5.41) is 14.4. The fourth-order valence-electron chi connectivity index (χ4n) is 2.27. The molecule has 1 aromatic heterocycles. The smallest absolute Gasteiger partial charge is 0.335 e. The summed E-state index contributed by atoms with van der Waals surface area (Å²) in [4.78, 5) is 35.5. The second-order valence-corrected chi connectivity index (χ2v) is 5.90. The van der Waals surface area contributed by atoms with Gasteiger partial charge in [0.25, 0.3) is 5.91 Å². The Morgan fingerprint density at radius 3 is 2.52 bits per heavy atom. The fourth-order valence-corrected chi connectivity index (χ4v) is 2.27. The van der Waals surface area contributed by atoms with Crippen LogP contribution in [-0.2, 0) is 11.3 Å². The number of amides is 2. The molecule has 2 rings (SSSR count). The van der Waals surface area contributed by atoms with Crippen LogP contribution in [0.15, 0.2) is 47.1 Å². The molecule has 1 atom stereocenters. The van der Waals surface area contributed by atoms with Crippen molar-refractivity contribution in [1.29, 1.82) is 0 Å². The van der Waals surface area contributed by atoms with Gasteiger partial charge in [-0.2, -0.15) is 0 Å². The van der Waals surface area contributed by atoms with E-state index in [-0.39, 0.29) is 29.7 Å². The summed E-state index contributed by atoms with van der Waals surface area (Å²) in [6.07, 6.45) is 1.38. The molecule has 3 N–H and O–H groups in total. The molecule has 7 nitrogen and oxygen atoms in total. The number of rotatable bonds is 7. The summed E-state index contributed by atoms with van der Waals surface area (Å²) in [7, 11) is 0. The van der Waals surface area contributed by atoms with Gasteiger partial charge in [-0.05, 0) is 35.7 Å². The van der Waals surface area contributed by atoms with Gasteiger partial charge in [-0.1, -0.05) is 26.0 Å². The van der Waals surface area contributed by atoms with E-state index in [1.165, 1.54) is 24.5 Å². The number of nitrogens with one attached hydrogen (secondary N) is 2. The maximum Gasteiger partial charge on any atom is 0.335 e. The molecular weight excluding hydrogens is 324 g/mol. The van der Waals surface area contributed by atoms with Crippen LogP contribution >= 0.6 is 0 Å². The summed E-state index contributed by atoms with van der Waals surface area (Å²) >= 11 is 0. The van der Waals surface area contributed by atoms with Gasteiger partial charge in [0.1, 0.15) is 6.04 Å². The summed E-state index contributed by atoms with van der Waals surface area (Å²) in [6, 6.07) is 8.68. The maximum absolute atomic E-state index is 12.4. The molecule has 0 saturated carbocycles. The first-order valence-electron chi connectivity index (χ1n) is 7.83. The van der Waals surface area contributed by atoms with Crippen LogP contribution in [0.1, 0.15) is 40.3 Å². The highest BCUT2D eigenvalue weighted by Gasteiger charge is 2.25. The molecule has 2 amide bonds. The molecule has 0 spiro atoms. The molecule has 0 radical (unpaired) electrons. The molecule has 0 fully saturated rings. The van der Waals surface area contributed by atoms with Crippen LogP contribution in [0.3, 0.4) is 0 Å². The number of benzene rings is 1. The Morgan fingerprint density at radius 1 is 1.16 bits per heavy atom. The van der Waals surface area contributed by atoms with Crippen molar-refractivity contribution in [3.05, 3.63) is 59.5 Å². The molecule has 0 aliphatic carbocycles. The van der Waals surface area contributed by atoms with Crippen LogP contribution in [0.2, 0.25) is 0 Å². The maximum atomic E-state index is 12.4. The number of carbonyl (C=O) groups is 3. The molecule has 0 saturated heterocycles. The fraction of sp³-hybridized carbons (Fsp3) is 0.278. The summed E-state index contributed by atoms with van der Waals surface area (Å²) in [5.74, 6) is -1.85. The summed E-state index contributed by atoms with van der Waals surface area (Å²) in [5.41, 5.74) is 0.811. The van der Waals surface area contributed by atoms with E-state index in [0.717, 1.165) is 0 Å². The van der Waals surface area contributed by atoms with E-state index < -0.39 is 17.9 Å². The minimum absolute atomic E-state index is 0.132. The van der Waals surface area contributed by atoms with Crippen molar-refractivity contribution in [2.24, 2.45) is 5.92 Å². The minimum Gasteiger partial charge on any atom is -0.478 e. The summed E-state index contributed by atoms with van der Waals surface area (Å²) < 4.78 is 5.02. The first-order valence-corrected chi connectivity index (χ1v) is 7.83.